The van der Waals surface area contributed by atoms with Gasteiger partial charge in [0.2, 0.25) is 5.91 Å². The van der Waals surface area contributed by atoms with Crippen LogP contribution in [0.4, 0.5) is 5.82 Å². The summed E-state index contributed by atoms with van der Waals surface area (Å²) in [6, 6.07) is 3.30. The van der Waals surface area contributed by atoms with E-state index in [0.717, 1.165) is 5.56 Å². The summed E-state index contributed by atoms with van der Waals surface area (Å²) in [6.07, 6.45) is 3.26. The van der Waals surface area contributed by atoms with Gasteiger partial charge in [0.25, 0.3) is 0 Å². The Morgan fingerprint density at radius 1 is 1.71 bits per heavy atom. The van der Waals surface area contributed by atoms with Crippen LogP contribution in [-0.2, 0) is 4.79 Å². The van der Waals surface area contributed by atoms with E-state index in [-0.39, 0.29) is 11.9 Å². The second-order valence-electron chi connectivity index (χ2n) is 2.92. The minimum Gasteiger partial charge on any atom is -0.321 e. The largest absolute Gasteiger partial charge is 0.321 e. The van der Waals surface area contributed by atoms with Gasteiger partial charge in [0.1, 0.15) is 5.82 Å². The summed E-state index contributed by atoms with van der Waals surface area (Å²) in [5, 5.41) is 2.57. The molecule has 0 fully saturated rings. The Kier molecular flexibility index (Phi) is 3.36. The maximum absolute atomic E-state index is 10.7. The van der Waals surface area contributed by atoms with Crippen molar-refractivity contribution in [1.29, 1.82) is 0 Å². The second kappa shape index (κ2) is 4.53. The van der Waals surface area contributed by atoms with Gasteiger partial charge >= 0.3 is 0 Å². The maximum Gasteiger partial charge on any atom is 0.222 e. The van der Waals surface area contributed by atoms with E-state index in [0.29, 0.717) is 5.82 Å². The Balaban J connectivity index is 2.78. The molecule has 14 heavy (non-hydrogen) atoms. The predicted molar refractivity (Wildman–Crippen MR) is 55.7 cm³/mol. The van der Waals surface area contributed by atoms with Gasteiger partial charge in [-0.3, -0.25) is 4.79 Å². The molecule has 4 heteroatoms. The van der Waals surface area contributed by atoms with Gasteiger partial charge in [-0.25, -0.2) is 4.98 Å². The van der Waals surface area contributed by atoms with Crippen molar-refractivity contribution in [3.05, 3.63) is 36.5 Å². The van der Waals surface area contributed by atoms with Crippen molar-refractivity contribution in [2.24, 2.45) is 5.73 Å². The van der Waals surface area contributed by atoms with Crippen LogP contribution in [-0.4, -0.2) is 10.9 Å². The molecule has 1 aromatic heterocycles. The van der Waals surface area contributed by atoms with Crippen LogP contribution in [0, 0.1) is 0 Å². The third-order valence-corrected chi connectivity index (χ3v) is 1.73. The zero-order chi connectivity index (χ0) is 10.6. The Morgan fingerprint density at radius 2 is 2.43 bits per heavy atom. The number of carbonyl (C=O) groups excluding carboxylic acids is 1. The monoisotopic (exact) mass is 191 g/mol. The van der Waals surface area contributed by atoms with Gasteiger partial charge < -0.3 is 11.1 Å². The summed E-state index contributed by atoms with van der Waals surface area (Å²) in [6.45, 7) is 5.02. The van der Waals surface area contributed by atoms with E-state index in [4.69, 9.17) is 5.73 Å². The van der Waals surface area contributed by atoms with Crippen LogP contribution in [0.1, 0.15) is 18.5 Å². The Labute approximate surface area is 82.8 Å². The molecule has 0 bridgehead atoms. The lowest BCUT2D eigenvalue weighted by atomic mass is 10.1. The summed E-state index contributed by atoms with van der Waals surface area (Å²) in [5.74, 6) is 0.385. The molecule has 1 atom stereocenters. The molecule has 0 aliphatic rings. The van der Waals surface area contributed by atoms with Gasteiger partial charge in [0.05, 0.1) is 0 Å². The van der Waals surface area contributed by atoms with E-state index < -0.39 is 0 Å². The third kappa shape index (κ3) is 2.67. The summed E-state index contributed by atoms with van der Waals surface area (Å²) >= 11 is 0. The van der Waals surface area contributed by atoms with Crippen molar-refractivity contribution in [2.45, 2.75) is 13.0 Å². The highest BCUT2D eigenvalue weighted by Crippen LogP contribution is 2.11. The van der Waals surface area contributed by atoms with Crippen LogP contribution >= 0.6 is 0 Å². The fourth-order valence-corrected chi connectivity index (χ4v) is 0.993. The molecule has 74 valence electrons. The van der Waals surface area contributed by atoms with Crippen LogP contribution < -0.4 is 11.1 Å². The molecule has 0 radical (unpaired) electrons. The first-order chi connectivity index (χ1) is 6.63. The van der Waals surface area contributed by atoms with E-state index >= 15 is 0 Å². The predicted octanol–water partition coefficient (Wildman–Crippen LogP) is 1.23. The fraction of sp³-hybridized carbons (Fsp3) is 0.200. The molecular weight excluding hydrogens is 178 g/mol. The summed E-state index contributed by atoms with van der Waals surface area (Å²) in [7, 11) is 0. The lowest BCUT2D eigenvalue weighted by molar-refractivity contribution is -0.114. The van der Waals surface area contributed by atoms with Crippen LogP contribution in [0.25, 0.3) is 0 Å². The van der Waals surface area contributed by atoms with E-state index in [1.807, 2.05) is 6.07 Å². The van der Waals surface area contributed by atoms with Gasteiger partial charge in [0.15, 0.2) is 0 Å². The van der Waals surface area contributed by atoms with Crippen molar-refractivity contribution in [3.63, 3.8) is 0 Å². The fourth-order valence-electron chi connectivity index (χ4n) is 0.993. The average Bonchev–Trinajstić information content (AvgIpc) is 2.17. The second-order valence-corrected chi connectivity index (χ2v) is 2.92. The number of rotatable bonds is 3. The molecule has 1 rings (SSSR count). The highest BCUT2D eigenvalue weighted by molar-refractivity contribution is 5.87. The molecule has 1 unspecified atom stereocenters. The highest BCUT2D eigenvalue weighted by atomic mass is 16.1. The van der Waals surface area contributed by atoms with Gasteiger partial charge in [-0.2, -0.15) is 0 Å². The SMILES string of the molecule is C=CC(N)c1ccc(NC(C)=O)nc1. The summed E-state index contributed by atoms with van der Waals surface area (Å²) in [4.78, 5) is 14.7. The first kappa shape index (κ1) is 10.4. The summed E-state index contributed by atoms with van der Waals surface area (Å²) < 4.78 is 0. The number of anilines is 1. The molecule has 4 nitrogen and oxygen atoms in total. The number of nitrogens with one attached hydrogen (secondary N) is 1. The smallest absolute Gasteiger partial charge is 0.222 e. The molecule has 3 N–H and O–H groups in total. The van der Waals surface area contributed by atoms with E-state index in [1.54, 1.807) is 18.3 Å². The maximum atomic E-state index is 10.7. The molecule has 1 heterocycles. The number of aromatic nitrogens is 1. The van der Waals surface area contributed by atoms with Gasteiger partial charge in [-0.1, -0.05) is 12.1 Å². The van der Waals surface area contributed by atoms with Crippen LogP contribution in [0.2, 0.25) is 0 Å². The molecule has 0 aromatic carbocycles. The van der Waals surface area contributed by atoms with Crippen molar-refractivity contribution in [3.8, 4) is 0 Å². The summed E-state index contributed by atoms with van der Waals surface area (Å²) in [5.41, 5.74) is 6.57. The third-order valence-electron chi connectivity index (χ3n) is 1.73. The van der Waals surface area contributed by atoms with Crippen molar-refractivity contribution in [2.75, 3.05) is 5.32 Å². The van der Waals surface area contributed by atoms with Crippen LogP contribution in [0.3, 0.4) is 0 Å². The molecule has 0 saturated heterocycles. The van der Waals surface area contributed by atoms with Crippen LogP contribution in [0.15, 0.2) is 31.0 Å². The number of hydrogen-bond acceptors (Lipinski definition) is 3. The van der Waals surface area contributed by atoms with Gasteiger partial charge in [0, 0.05) is 19.2 Å². The minimum atomic E-state index is -0.214. The number of nitrogens with zero attached hydrogens (tertiary/aromatic N) is 1. The topological polar surface area (TPSA) is 68.0 Å². The number of carbonyl (C=O) groups is 1. The quantitative estimate of drug-likeness (QED) is 0.706. The molecule has 0 spiro atoms. The molecule has 0 aliphatic carbocycles. The van der Waals surface area contributed by atoms with Crippen molar-refractivity contribution in [1.82, 2.24) is 4.98 Å². The number of pyridine rings is 1. The molecular formula is C10H13N3O. The normalized spacial score (nSPS) is 11.9. The lowest BCUT2D eigenvalue weighted by Crippen LogP contribution is -2.09. The average molecular weight is 191 g/mol. The highest BCUT2D eigenvalue weighted by Gasteiger charge is 2.02. The van der Waals surface area contributed by atoms with Crippen molar-refractivity contribution >= 4 is 11.7 Å². The first-order valence-electron chi connectivity index (χ1n) is 4.25. The zero-order valence-corrected chi connectivity index (χ0v) is 8.03. The number of hydrogen-bond donors (Lipinski definition) is 2. The van der Waals surface area contributed by atoms with Crippen molar-refractivity contribution < 1.29 is 4.79 Å². The Morgan fingerprint density at radius 3 is 2.86 bits per heavy atom. The van der Waals surface area contributed by atoms with E-state index in [9.17, 15) is 4.79 Å². The van der Waals surface area contributed by atoms with Crippen LogP contribution in [0.5, 0.6) is 0 Å². The van der Waals surface area contributed by atoms with Gasteiger partial charge in [-0.15, -0.1) is 6.58 Å². The molecule has 0 saturated carbocycles. The number of nitrogens with two attached hydrogens (primary N) is 1. The van der Waals surface area contributed by atoms with E-state index in [2.05, 4.69) is 16.9 Å². The Bertz CT molecular complexity index is 332. The molecule has 1 amide bonds. The molecule has 0 aliphatic heterocycles. The first-order valence-corrected chi connectivity index (χ1v) is 4.25. The standard InChI is InChI=1S/C10H13N3O/c1-3-9(11)8-4-5-10(12-6-8)13-7(2)14/h3-6,9H,1,11H2,2H3,(H,12,13,14). The Hall–Kier alpha value is -1.68. The van der Waals surface area contributed by atoms with E-state index in [1.165, 1.54) is 6.92 Å². The molecule has 1 aromatic rings. The number of amides is 1. The van der Waals surface area contributed by atoms with Gasteiger partial charge in [-0.05, 0) is 11.6 Å². The lowest BCUT2D eigenvalue weighted by Gasteiger charge is -2.06. The zero-order valence-electron chi connectivity index (χ0n) is 8.03. The minimum absolute atomic E-state index is 0.140.